The summed E-state index contributed by atoms with van der Waals surface area (Å²) in [5.41, 5.74) is 3.14. The molecule has 36 heavy (non-hydrogen) atoms. The van der Waals surface area contributed by atoms with Crippen LogP contribution in [0.25, 0.3) is 0 Å². The standard InChI is InChI=1S/C18H16N8O7S3/c1-25-11(22-13(28)14(29)23-25)10(34)5-3-35-16-8(15(30)26(16)9(5)17(31)32)21-12(27)7(24-33-2)6-4-36-18(19)20-6/h4,8,16H,3H2,1-2H3,(H2,19,20)(H,21,27)(H,23,29)(H,31,32)/t8?,16-/m0/s1. The molecule has 5 N–H and O–H groups in total. The molecule has 2 amide bonds. The van der Waals surface area contributed by atoms with Gasteiger partial charge in [0.2, 0.25) is 0 Å². The van der Waals surface area contributed by atoms with Gasteiger partial charge < -0.3 is 21.0 Å². The quantitative estimate of drug-likeness (QED) is 0.0734. The largest absolute Gasteiger partial charge is 0.477 e. The molecule has 0 spiro atoms. The van der Waals surface area contributed by atoms with Crippen LogP contribution in [0.15, 0.2) is 31.4 Å². The molecule has 1 unspecified atom stereocenters. The molecule has 2 atom stereocenters. The molecular formula is C18H16N8O7S3. The van der Waals surface area contributed by atoms with Crippen molar-refractivity contribution >= 4 is 68.8 Å². The van der Waals surface area contributed by atoms with Crippen LogP contribution < -0.4 is 22.2 Å². The third-order valence-electron chi connectivity index (χ3n) is 5.09. The zero-order valence-electron chi connectivity index (χ0n) is 18.4. The zero-order valence-corrected chi connectivity index (χ0v) is 20.8. The van der Waals surface area contributed by atoms with E-state index >= 15 is 0 Å². The van der Waals surface area contributed by atoms with Crippen LogP contribution in [-0.2, 0) is 26.3 Å². The van der Waals surface area contributed by atoms with Crippen LogP contribution in [0.1, 0.15) is 11.5 Å². The molecule has 4 rings (SSSR count). The van der Waals surface area contributed by atoms with Crippen LogP contribution in [0.2, 0.25) is 0 Å². The number of carboxylic acids is 1. The average molecular weight is 553 g/mol. The number of aromatic amines is 1. The molecular weight excluding hydrogens is 536 g/mol. The number of aromatic nitrogens is 4. The number of carboxylic acid groups (broad SMARTS) is 1. The Kier molecular flexibility index (Phi) is 6.74. The van der Waals surface area contributed by atoms with Crippen LogP contribution in [-0.4, -0.2) is 82.4 Å². The van der Waals surface area contributed by atoms with E-state index < -0.39 is 46.0 Å². The van der Waals surface area contributed by atoms with Crippen LogP contribution in [0.5, 0.6) is 0 Å². The number of oxime groups is 1. The Balaban J connectivity index is 1.62. The fourth-order valence-electron chi connectivity index (χ4n) is 3.51. The number of carbonyl (C=O) groups is 3. The molecule has 1 saturated heterocycles. The Hall–Kier alpha value is -3.90. The molecule has 1 fully saturated rings. The van der Waals surface area contributed by atoms with Crippen LogP contribution in [0.3, 0.4) is 0 Å². The van der Waals surface area contributed by atoms with Gasteiger partial charge in [-0.2, -0.15) is 4.98 Å². The van der Waals surface area contributed by atoms with Gasteiger partial charge in [0.25, 0.3) is 11.8 Å². The van der Waals surface area contributed by atoms with Gasteiger partial charge in [0.15, 0.2) is 16.7 Å². The maximum Gasteiger partial charge on any atom is 0.353 e. The zero-order chi connectivity index (χ0) is 26.3. The molecule has 2 aromatic heterocycles. The maximum atomic E-state index is 13.0. The van der Waals surface area contributed by atoms with E-state index in [1.807, 2.05) is 0 Å². The number of fused-ring (bicyclic) bond motifs is 1. The van der Waals surface area contributed by atoms with Crippen molar-refractivity contribution in [3.63, 3.8) is 0 Å². The first-order chi connectivity index (χ1) is 17.0. The second kappa shape index (κ2) is 9.63. The highest BCUT2D eigenvalue weighted by Crippen LogP contribution is 2.41. The number of hydrogen-bond donors (Lipinski definition) is 4. The number of aliphatic carboxylic acids is 1. The lowest BCUT2D eigenvalue weighted by Crippen LogP contribution is -2.71. The fraction of sp³-hybridized carbons (Fsp3) is 0.278. The topological polar surface area (TPSA) is 215 Å². The van der Waals surface area contributed by atoms with E-state index in [4.69, 9.17) is 22.8 Å². The number of nitrogens with one attached hydrogen (secondary N) is 2. The summed E-state index contributed by atoms with van der Waals surface area (Å²) in [5.74, 6) is -3.02. The summed E-state index contributed by atoms with van der Waals surface area (Å²) in [6, 6.07) is -1.07. The van der Waals surface area contributed by atoms with Gasteiger partial charge in [0.05, 0.1) is 4.86 Å². The van der Waals surface area contributed by atoms with Crippen molar-refractivity contribution in [2.24, 2.45) is 12.2 Å². The number of thiazole rings is 1. The number of anilines is 1. The minimum Gasteiger partial charge on any atom is -0.477 e. The molecule has 0 saturated carbocycles. The maximum absolute atomic E-state index is 13.0. The van der Waals surface area contributed by atoms with Crippen molar-refractivity contribution in [1.82, 2.24) is 30.0 Å². The van der Waals surface area contributed by atoms with Gasteiger partial charge in [0.1, 0.15) is 29.9 Å². The van der Waals surface area contributed by atoms with E-state index in [-0.39, 0.29) is 38.6 Å². The number of nitrogens with zero attached hydrogens (tertiary/aromatic N) is 5. The lowest BCUT2D eigenvalue weighted by Gasteiger charge is -2.49. The monoisotopic (exact) mass is 552 g/mol. The lowest BCUT2D eigenvalue weighted by atomic mass is 10.0. The molecule has 0 aromatic carbocycles. The van der Waals surface area contributed by atoms with E-state index in [0.29, 0.717) is 0 Å². The van der Waals surface area contributed by atoms with Crippen molar-refractivity contribution < 1.29 is 24.3 Å². The number of thiocarbonyl (C=S) groups is 1. The Morgan fingerprint density at radius 2 is 2.08 bits per heavy atom. The molecule has 0 bridgehead atoms. The second-order valence-corrected chi connectivity index (χ2v) is 9.66. The summed E-state index contributed by atoms with van der Waals surface area (Å²) < 4.78 is 1.10. The summed E-state index contributed by atoms with van der Waals surface area (Å²) in [4.78, 5) is 74.4. The number of H-pyrrole nitrogens is 1. The smallest absolute Gasteiger partial charge is 0.353 e. The Morgan fingerprint density at radius 1 is 1.36 bits per heavy atom. The van der Waals surface area contributed by atoms with Gasteiger partial charge in [0, 0.05) is 23.8 Å². The normalized spacial score (nSPS) is 19.4. The van der Waals surface area contributed by atoms with Crippen molar-refractivity contribution in [3.8, 4) is 0 Å². The number of carbonyl (C=O) groups excluding carboxylic acids is 2. The summed E-state index contributed by atoms with van der Waals surface area (Å²) in [6.45, 7) is 0. The van der Waals surface area contributed by atoms with E-state index in [1.165, 1.54) is 19.5 Å². The number of thioether (sulfide) groups is 1. The van der Waals surface area contributed by atoms with Crippen LogP contribution in [0.4, 0.5) is 5.13 Å². The first-order valence-electron chi connectivity index (χ1n) is 9.81. The highest BCUT2D eigenvalue weighted by Gasteiger charge is 2.55. The Bertz CT molecular complexity index is 1490. The molecule has 0 radical (unpaired) electrons. The molecule has 2 aliphatic rings. The molecule has 188 valence electrons. The molecule has 18 heteroatoms. The SMILES string of the molecule is CON=C(C(=O)NC1C(=O)N2C(C(=O)O)=C(C(=S)c3nc(=O)c(=O)[nH]n3C)CS[C@@H]12)c1csc(N)n1. The van der Waals surface area contributed by atoms with Gasteiger partial charge >= 0.3 is 17.1 Å². The van der Waals surface area contributed by atoms with Gasteiger partial charge in [-0.1, -0.05) is 17.4 Å². The van der Waals surface area contributed by atoms with Gasteiger partial charge in [-0.05, 0) is 0 Å². The Morgan fingerprint density at radius 3 is 2.69 bits per heavy atom. The number of nitrogen functional groups attached to an aromatic ring is 1. The summed E-state index contributed by atoms with van der Waals surface area (Å²) in [7, 11) is 2.61. The number of rotatable bonds is 7. The number of hydrogen-bond acceptors (Lipinski definition) is 13. The summed E-state index contributed by atoms with van der Waals surface area (Å²) >= 11 is 7.60. The third kappa shape index (κ3) is 4.29. The van der Waals surface area contributed by atoms with Crippen molar-refractivity contribution in [1.29, 1.82) is 0 Å². The molecule has 2 aliphatic heterocycles. The minimum atomic E-state index is -1.44. The molecule has 0 aliphatic carbocycles. The van der Waals surface area contributed by atoms with Crippen LogP contribution >= 0.6 is 35.3 Å². The highest BCUT2D eigenvalue weighted by molar-refractivity contribution is 8.00. The van der Waals surface area contributed by atoms with E-state index in [2.05, 4.69) is 25.5 Å². The average Bonchev–Trinajstić information content (AvgIpc) is 3.27. The summed E-state index contributed by atoms with van der Waals surface area (Å²) in [5, 5.41) is 19.3. The second-order valence-electron chi connectivity index (χ2n) is 7.26. The molecule has 15 nitrogen and oxygen atoms in total. The van der Waals surface area contributed by atoms with Crippen LogP contribution in [0, 0.1) is 0 Å². The van der Waals surface area contributed by atoms with E-state index in [9.17, 15) is 29.1 Å². The summed E-state index contributed by atoms with van der Waals surface area (Å²) in [6.07, 6.45) is 0. The number of β-lactam (4-membered cyclic amide) rings is 1. The highest BCUT2D eigenvalue weighted by atomic mass is 32.2. The fourth-order valence-corrected chi connectivity index (χ4v) is 5.85. The minimum absolute atomic E-state index is 0.0257. The number of amides is 2. The predicted octanol–water partition coefficient (Wildman–Crippen LogP) is -1.99. The van der Waals surface area contributed by atoms with Crippen molar-refractivity contribution in [2.45, 2.75) is 11.4 Å². The van der Waals surface area contributed by atoms with Crippen molar-refractivity contribution in [2.75, 3.05) is 18.6 Å². The van der Waals surface area contributed by atoms with E-state index in [0.717, 1.165) is 32.7 Å². The first-order valence-corrected chi connectivity index (χ1v) is 12.1. The number of aryl methyl sites for hydroxylation is 1. The number of nitrogens with two attached hydrogens (primary N) is 1. The van der Waals surface area contributed by atoms with Gasteiger partial charge in [-0.15, -0.1) is 23.1 Å². The first kappa shape index (κ1) is 25.2. The molecule has 2 aromatic rings. The van der Waals surface area contributed by atoms with Gasteiger partial charge in [-0.25, -0.2) is 9.78 Å². The predicted molar refractivity (Wildman–Crippen MR) is 132 cm³/mol. The molecule has 4 heterocycles. The lowest BCUT2D eigenvalue weighted by molar-refractivity contribution is -0.150. The van der Waals surface area contributed by atoms with Crippen molar-refractivity contribution in [3.05, 3.63) is 48.9 Å². The van der Waals surface area contributed by atoms with E-state index in [1.54, 1.807) is 0 Å². The van der Waals surface area contributed by atoms with Gasteiger partial charge in [-0.3, -0.25) is 33.9 Å². The third-order valence-corrected chi connectivity index (χ3v) is 7.47. The Labute approximate surface area is 214 Å².